The Bertz CT molecular complexity index is 2200. The first-order valence-electron chi connectivity index (χ1n) is 15.6. The Morgan fingerprint density at radius 3 is 1.34 bits per heavy atom. The first-order valence-corrected chi connectivity index (χ1v) is 15.6. The molecule has 0 N–H and O–H groups in total. The fraction of sp³-hybridized carbons (Fsp3) is 0. The van der Waals surface area contributed by atoms with Gasteiger partial charge >= 0.3 is 0 Å². The molecule has 0 saturated carbocycles. The van der Waals surface area contributed by atoms with E-state index in [1.54, 1.807) is 0 Å². The highest BCUT2D eigenvalue weighted by atomic mass is 16.4. The van der Waals surface area contributed by atoms with Gasteiger partial charge in [-0.25, -0.2) is 0 Å². The van der Waals surface area contributed by atoms with Crippen LogP contribution in [0.25, 0.3) is 33.7 Å². The van der Waals surface area contributed by atoms with Gasteiger partial charge in [-0.3, -0.25) is 0 Å². The summed E-state index contributed by atoms with van der Waals surface area (Å²) in [5.41, 5.74) is 8.22. The minimum Gasteiger partial charge on any atom is -0.416 e. The van der Waals surface area contributed by atoms with E-state index >= 15 is 0 Å². The largest absolute Gasteiger partial charge is 0.416 e. The van der Waals surface area contributed by atoms with Crippen LogP contribution < -0.4 is 9.80 Å². The normalized spacial score (nSPS) is 11.0. The summed E-state index contributed by atoms with van der Waals surface area (Å²) in [6, 6.07) is 62.6. The second-order valence-electron chi connectivity index (χ2n) is 11.2. The van der Waals surface area contributed by atoms with Gasteiger partial charge < -0.3 is 14.2 Å². The fourth-order valence-corrected chi connectivity index (χ4v) is 6.05. The summed E-state index contributed by atoms with van der Waals surface area (Å²) in [4.78, 5) is 4.57. The van der Waals surface area contributed by atoms with Crippen LogP contribution in [-0.2, 0) is 0 Å². The molecular weight excluding hydrogens is 576 g/mol. The zero-order valence-corrected chi connectivity index (χ0v) is 25.5. The summed E-state index contributed by atoms with van der Waals surface area (Å²) in [5.74, 6) is 0.990. The van der Waals surface area contributed by atoms with E-state index in [1.807, 2.05) is 54.6 Å². The van der Waals surface area contributed by atoms with Crippen LogP contribution in [0.5, 0.6) is 0 Å². The van der Waals surface area contributed by atoms with Gasteiger partial charge in [0, 0.05) is 45.0 Å². The van der Waals surface area contributed by atoms with E-state index in [0.29, 0.717) is 11.8 Å². The lowest BCUT2D eigenvalue weighted by Gasteiger charge is -2.29. The van der Waals surface area contributed by atoms with Gasteiger partial charge in [0.1, 0.15) is 0 Å². The highest BCUT2D eigenvalue weighted by Gasteiger charge is 2.20. The molecule has 0 radical (unpaired) electrons. The van der Waals surface area contributed by atoms with E-state index in [4.69, 9.17) is 4.42 Å². The number of nitrogens with zero attached hydrogens (tertiary/aromatic N) is 4. The fourth-order valence-electron chi connectivity index (χ4n) is 6.05. The number of benzene rings is 7. The van der Waals surface area contributed by atoms with Crippen LogP contribution in [0, 0.1) is 0 Å². The van der Waals surface area contributed by atoms with Crippen molar-refractivity contribution >= 4 is 44.9 Å². The molecule has 0 aliphatic carbocycles. The van der Waals surface area contributed by atoms with E-state index in [-0.39, 0.29) is 0 Å². The smallest absolute Gasteiger partial charge is 0.248 e. The van der Waals surface area contributed by atoms with Crippen molar-refractivity contribution in [2.75, 3.05) is 9.80 Å². The maximum absolute atomic E-state index is 6.20. The van der Waals surface area contributed by atoms with Crippen LogP contribution in [0.3, 0.4) is 0 Å². The summed E-state index contributed by atoms with van der Waals surface area (Å²) in [7, 11) is 0. The molecule has 47 heavy (non-hydrogen) atoms. The minimum atomic E-state index is 0.490. The second-order valence-corrected chi connectivity index (χ2v) is 11.2. The van der Waals surface area contributed by atoms with Gasteiger partial charge in [0.15, 0.2) is 0 Å². The molecule has 1 aromatic heterocycles. The number of aromatic nitrogens is 2. The minimum absolute atomic E-state index is 0.490. The molecule has 0 unspecified atom stereocenters. The molecule has 5 nitrogen and oxygen atoms in total. The standard InChI is InChI=1S/C42H30N4O/c1-5-15-31(16-6-1)41-43-44-42(47-41)39-29-30-40(38-24-14-13-23-37(38)39)46(34-21-11-4-12-22-34)36-27-25-35(26-28-36)45(32-17-7-2-8-18-32)33-19-9-3-10-20-33/h1-30H. The van der Waals surface area contributed by atoms with Crippen molar-refractivity contribution in [1.82, 2.24) is 10.2 Å². The summed E-state index contributed by atoms with van der Waals surface area (Å²) < 4.78 is 6.20. The monoisotopic (exact) mass is 606 g/mol. The number of fused-ring (bicyclic) bond motifs is 1. The van der Waals surface area contributed by atoms with Crippen LogP contribution in [-0.4, -0.2) is 10.2 Å². The Morgan fingerprint density at radius 1 is 0.340 bits per heavy atom. The van der Waals surface area contributed by atoms with Crippen molar-refractivity contribution in [2.24, 2.45) is 0 Å². The predicted molar refractivity (Wildman–Crippen MR) is 192 cm³/mol. The van der Waals surface area contributed by atoms with Crippen molar-refractivity contribution in [3.8, 4) is 22.9 Å². The van der Waals surface area contributed by atoms with Crippen LogP contribution in [0.1, 0.15) is 0 Å². The van der Waals surface area contributed by atoms with Crippen molar-refractivity contribution < 1.29 is 4.42 Å². The number of anilines is 6. The quantitative estimate of drug-likeness (QED) is 0.172. The predicted octanol–water partition coefficient (Wildman–Crippen LogP) is 11.5. The van der Waals surface area contributed by atoms with Gasteiger partial charge in [-0.05, 0) is 90.3 Å². The van der Waals surface area contributed by atoms with E-state index in [0.717, 1.165) is 56.0 Å². The van der Waals surface area contributed by atoms with Gasteiger partial charge in [0.05, 0.1) is 5.69 Å². The van der Waals surface area contributed by atoms with Crippen LogP contribution in [0.4, 0.5) is 34.1 Å². The molecule has 8 rings (SSSR count). The molecule has 0 spiro atoms. The van der Waals surface area contributed by atoms with Crippen molar-refractivity contribution in [1.29, 1.82) is 0 Å². The number of para-hydroxylation sites is 3. The lowest BCUT2D eigenvalue weighted by Crippen LogP contribution is -2.12. The molecule has 5 heteroatoms. The summed E-state index contributed by atoms with van der Waals surface area (Å²) in [6.45, 7) is 0. The number of hydrogen-bond donors (Lipinski definition) is 0. The topological polar surface area (TPSA) is 45.4 Å². The third-order valence-corrected chi connectivity index (χ3v) is 8.23. The van der Waals surface area contributed by atoms with E-state index in [1.165, 1.54) is 0 Å². The van der Waals surface area contributed by atoms with Crippen molar-refractivity contribution in [3.63, 3.8) is 0 Å². The van der Waals surface area contributed by atoms with Crippen LogP contribution in [0.15, 0.2) is 186 Å². The van der Waals surface area contributed by atoms with Gasteiger partial charge in [-0.1, -0.05) is 97.1 Å². The summed E-state index contributed by atoms with van der Waals surface area (Å²) in [5, 5.41) is 10.9. The average Bonchev–Trinajstić information content (AvgIpc) is 3.65. The Hall–Kier alpha value is -6.46. The molecule has 8 aromatic rings. The van der Waals surface area contributed by atoms with Gasteiger partial charge in [0.25, 0.3) is 0 Å². The Labute approximate surface area is 273 Å². The van der Waals surface area contributed by atoms with E-state index in [2.05, 4.69) is 147 Å². The maximum atomic E-state index is 6.20. The third kappa shape index (κ3) is 5.51. The summed E-state index contributed by atoms with van der Waals surface area (Å²) in [6.07, 6.45) is 0. The van der Waals surface area contributed by atoms with E-state index in [9.17, 15) is 0 Å². The molecule has 0 aliphatic rings. The lowest BCUT2D eigenvalue weighted by atomic mass is 10.0. The van der Waals surface area contributed by atoms with Gasteiger partial charge in [0.2, 0.25) is 11.8 Å². The molecule has 0 fully saturated rings. The first kappa shape index (κ1) is 28.0. The maximum Gasteiger partial charge on any atom is 0.248 e. The van der Waals surface area contributed by atoms with Gasteiger partial charge in [-0.2, -0.15) is 0 Å². The molecule has 0 bridgehead atoms. The molecular formula is C42H30N4O. The SMILES string of the molecule is c1ccc(-c2nnc(-c3ccc(N(c4ccccc4)c4ccc(N(c5ccccc5)c5ccccc5)cc4)c4ccccc34)o2)cc1. The number of hydrogen-bond acceptors (Lipinski definition) is 5. The second kappa shape index (κ2) is 12.5. The third-order valence-electron chi connectivity index (χ3n) is 8.23. The van der Waals surface area contributed by atoms with Crippen molar-refractivity contribution in [3.05, 3.63) is 182 Å². The number of rotatable bonds is 8. The molecule has 7 aromatic carbocycles. The first-order chi connectivity index (χ1) is 23.3. The molecule has 0 atom stereocenters. The van der Waals surface area contributed by atoms with Gasteiger partial charge in [-0.15, -0.1) is 10.2 Å². The molecule has 1 heterocycles. The zero-order valence-electron chi connectivity index (χ0n) is 25.5. The Kier molecular flexibility index (Phi) is 7.46. The highest BCUT2D eigenvalue weighted by Crippen LogP contribution is 2.43. The van der Waals surface area contributed by atoms with Crippen LogP contribution >= 0.6 is 0 Å². The lowest BCUT2D eigenvalue weighted by molar-refractivity contribution is 0.585. The highest BCUT2D eigenvalue weighted by molar-refractivity contribution is 6.05. The van der Waals surface area contributed by atoms with Crippen molar-refractivity contribution in [2.45, 2.75) is 0 Å². The van der Waals surface area contributed by atoms with Crippen LogP contribution in [0.2, 0.25) is 0 Å². The molecule has 0 saturated heterocycles. The molecule has 224 valence electrons. The van der Waals surface area contributed by atoms with E-state index < -0.39 is 0 Å². The average molecular weight is 607 g/mol. The zero-order chi connectivity index (χ0) is 31.4. The molecule has 0 aliphatic heterocycles. The molecule has 0 amide bonds. The Balaban J connectivity index is 1.23. The Morgan fingerprint density at radius 2 is 0.766 bits per heavy atom. The summed E-state index contributed by atoms with van der Waals surface area (Å²) >= 11 is 0.